The van der Waals surface area contributed by atoms with Crippen LogP contribution in [-0.4, -0.2) is 53.0 Å². The van der Waals surface area contributed by atoms with E-state index in [9.17, 15) is 14.4 Å². The van der Waals surface area contributed by atoms with Gasteiger partial charge in [-0.1, -0.05) is 152 Å². The summed E-state index contributed by atoms with van der Waals surface area (Å²) >= 11 is 0. The first-order valence-corrected chi connectivity index (χ1v) is 20.7. The molecule has 0 aliphatic heterocycles. The maximum absolute atomic E-state index is 14.1. The number of nitrogens with one attached hydrogen (secondary N) is 1. The Morgan fingerprint density at radius 3 is 1.89 bits per heavy atom. The van der Waals surface area contributed by atoms with Crippen LogP contribution in [0, 0.1) is 0 Å². The molecule has 1 N–H and O–H groups in total. The molecule has 4 aromatic rings. The number of unbranched alkanes of at least 4 members (excludes halogenated alkanes) is 16. The normalized spacial score (nSPS) is 11.7. The minimum atomic E-state index is -1.41. The summed E-state index contributed by atoms with van der Waals surface area (Å²) in [6, 6.07) is 17.2. The highest BCUT2D eigenvalue weighted by Gasteiger charge is 2.33. The molecule has 4 rings (SSSR count). The standard InChI is InChI=1S/C45H62N4O6/c1-4-6-8-10-12-13-14-15-16-17-19-24-32-55-45(52)36-27-30-41(53-3)39(33-36)46-44(51)42(43(50)35-25-21-20-22-26-35)49-40-29-28-37(34-38(40)47-48-49)54-31-23-18-11-9-7-5-2/h20-22,25-30,33-34,42H,4-19,23-24,31-32H2,1-3H3,(H,46,51). The number of ether oxygens (including phenoxy) is 3. The Kier molecular flexibility index (Phi) is 19.3. The molecular formula is C45H62N4O6. The van der Waals surface area contributed by atoms with E-state index in [1.165, 1.54) is 101 Å². The molecule has 10 heteroatoms. The van der Waals surface area contributed by atoms with E-state index in [0.29, 0.717) is 41.3 Å². The number of Topliss-reactive ketones (excluding diaryl/α,β-unsaturated/α-hetero) is 1. The molecule has 0 saturated heterocycles. The molecule has 55 heavy (non-hydrogen) atoms. The molecular weight excluding hydrogens is 693 g/mol. The van der Waals surface area contributed by atoms with Gasteiger partial charge in [-0.2, -0.15) is 0 Å². The first kappa shape index (κ1) is 43.0. The van der Waals surface area contributed by atoms with Crippen LogP contribution in [0.2, 0.25) is 0 Å². The van der Waals surface area contributed by atoms with Gasteiger partial charge in [0.2, 0.25) is 0 Å². The molecule has 10 nitrogen and oxygen atoms in total. The number of amides is 1. The summed E-state index contributed by atoms with van der Waals surface area (Å²) in [4.78, 5) is 41.2. The van der Waals surface area contributed by atoms with Gasteiger partial charge in [-0.3, -0.25) is 9.59 Å². The van der Waals surface area contributed by atoms with Crippen LogP contribution < -0.4 is 14.8 Å². The van der Waals surface area contributed by atoms with Gasteiger partial charge in [-0.15, -0.1) is 5.10 Å². The Morgan fingerprint density at radius 1 is 0.673 bits per heavy atom. The van der Waals surface area contributed by atoms with E-state index in [4.69, 9.17) is 14.2 Å². The molecule has 1 unspecified atom stereocenters. The largest absolute Gasteiger partial charge is 0.495 e. The monoisotopic (exact) mass is 754 g/mol. The van der Waals surface area contributed by atoms with Crippen LogP contribution in [0.5, 0.6) is 11.5 Å². The van der Waals surface area contributed by atoms with E-state index >= 15 is 0 Å². The Morgan fingerprint density at radius 2 is 1.27 bits per heavy atom. The van der Waals surface area contributed by atoms with Gasteiger partial charge in [0, 0.05) is 11.6 Å². The molecule has 0 fully saturated rings. The number of hydrogen-bond donors (Lipinski definition) is 1. The van der Waals surface area contributed by atoms with Crippen molar-refractivity contribution >= 4 is 34.4 Å². The predicted molar refractivity (Wildman–Crippen MR) is 219 cm³/mol. The van der Waals surface area contributed by atoms with E-state index < -0.39 is 23.7 Å². The Balaban J connectivity index is 1.37. The number of carbonyl (C=O) groups excluding carboxylic acids is 3. The molecule has 1 aromatic heterocycles. The SMILES string of the molecule is CCCCCCCCCCCCCCOC(=O)c1ccc(OC)c(NC(=O)C(C(=O)c2ccccc2)n2nnc3cc(OCCCCCCCC)ccc32)c1. The van der Waals surface area contributed by atoms with Crippen LogP contribution in [0.25, 0.3) is 11.0 Å². The Hall–Kier alpha value is -4.73. The number of hydrogen-bond acceptors (Lipinski definition) is 8. The number of carbonyl (C=O) groups is 3. The Labute approximate surface area is 327 Å². The zero-order chi connectivity index (χ0) is 39.1. The van der Waals surface area contributed by atoms with Crippen LogP contribution in [0.15, 0.2) is 66.7 Å². The first-order chi connectivity index (χ1) is 27.0. The van der Waals surface area contributed by atoms with Crippen molar-refractivity contribution < 1.29 is 28.6 Å². The number of ketones is 1. The molecule has 1 atom stereocenters. The van der Waals surface area contributed by atoms with Gasteiger partial charge in [0.25, 0.3) is 5.91 Å². The Bertz CT molecular complexity index is 1740. The van der Waals surface area contributed by atoms with E-state index in [1.54, 1.807) is 60.7 Å². The number of aromatic nitrogens is 3. The summed E-state index contributed by atoms with van der Waals surface area (Å²) in [7, 11) is 1.47. The van der Waals surface area contributed by atoms with Crippen molar-refractivity contribution in [2.24, 2.45) is 0 Å². The third-order valence-corrected chi connectivity index (χ3v) is 9.93. The summed E-state index contributed by atoms with van der Waals surface area (Å²) in [6.45, 7) is 5.37. The lowest BCUT2D eigenvalue weighted by Gasteiger charge is -2.18. The van der Waals surface area contributed by atoms with Crippen molar-refractivity contribution in [1.29, 1.82) is 0 Å². The smallest absolute Gasteiger partial charge is 0.338 e. The van der Waals surface area contributed by atoms with Crippen molar-refractivity contribution in [2.75, 3.05) is 25.6 Å². The van der Waals surface area contributed by atoms with Crippen LogP contribution in [0.4, 0.5) is 5.69 Å². The van der Waals surface area contributed by atoms with E-state index in [-0.39, 0.29) is 11.3 Å². The highest BCUT2D eigenvalue weighted by atomic mass is 16.5. The minimum absolute atomic E-state index is 0.230. The lowest BCUT2D eigenvalue weighted by Crippen LogP contribution is -2.33. The highest BCUT2D eigenvalue weighted by Crippen LogP contribution is 2.29. The summed E-state index contributed by atoms with van der Waals surface area (Å²) in [5.41, 5.74) is 1.83. The molecule has 0 aliphatic carbocycles. The quantitative estimate of drug-likeness (QED) is 0.0263. The topological polar surface area (TPSA) is 122 Å². The fourth-order valence-electron chi connectivity index (χ4n) is 6.70. The maximum atomic E-state index is 14.1. The summed E-state index contributed by atoms with van der Waals surface area (Å²) in [5, 5.41) is 11.4. The number of fused-ring (bicyclic) bond motifs is 1. The number of rotatable bonds is 28. The second-order valence-electron chi connectivity index (χ2n) is 14.4. The average molecular weight is 755 g/mol. The molecule has 0 saturated carbocycles. The van der Waals surface area contributed by atoms with Crippen molar-refractivity contribution in [3.63, 3.8) is 0 Å². The zero-order valence-electron chi connectivity index (χ0n) is 33.4. The van der Waals surface area contributed by atoms with Gasteiger partial charge in [-0.05, 0) is 43.2 Å². The van der Waals surface area contributed by atoms with Crippen molar-refractivity contribution in [2.45, 2.75) is 135 Å². The number of benzene rings is 3. The van der Waals surface area contributed by atoms with Crippen molar-refractivity contribution in [3.8, 4) is 11.5 Å². The number of methoxy groups -OCH3 is 1. The molecule has 0 bridgehead atoms. The van der Waals surface area contributed by atoms with Gasteiger partial charge < -0.3 is 19.5 Å². The number of anilines is 1. The predicted octanol–water partition coefficient (Wildman–Crippen LogP) is 11.1. The number of nitrogens with zero attached hydrogens (tertiary/aromatic N) is 3. The van der Waals surface area contributed by atoms with Crippen LogP contribution in [0.1, 0.15) is 156 Å². The van der Waals surface area contributed by atoms with E-state index in [2.05, 4.69) is 29.5 Å². The average Bonchev–Trinajstić information content (AvgIpc) is 3.62. The lowest BCUT2D eigenvalue weighted by atomic mass is 10.0. The lowest BCUT2D eigenvalue weighted by molar-refractivity contribution is -0.118. The molecule has 3 aromatic carbocycles. The minimum Gasteiger partial charge on any atom is -0.495 e. The van der Waals surface area contributed by atoms with Gasteiger partial charge in [0.05, 0.1) is 37.1 Å². The second kappa shape index (κ2) is 24.6. The van der Waals surface area contributed by atoms with Gasteiger partial charge in [-0.25, -0.2) is 9.48 Å². The van der Waals surface area contributed by atoms with Crippen LogP contribution >= 0.6 is 0 Å². The molecule has 0 spiro atoms. The molecule has 1 heterocycles. The first-order valence-electron chi connectivity index (χ1n) is 20.7. The van der Waals surface area contributed by atoms with Crippen LogP contribution in [-0.2, 0) is 9.53 Å². The third-order valence-electron chi connectivity index (χ3n) is 9.93. The zero-order valence-corrected chi connectivity index (χ0v) is 33.4. The van der Waals surface area contributed by atoms with Gasteiger partial charge in [0.15, 0.2) is 11.8 Å². The molecule has 0 radical (unpaired) electrons. The van der Waals surface area contributed by atoms with Gasteiger partial charge >= 0.3 is 5.97 Å². The fraction of sp³-hybridized carbons (Fsp3) is 0.533. The fourth-order valence-corrected chi connectivity index (χ4v) is 6.70. The third kappa shape index (κ3) is 14.1. The van der Waals surface area contributed by atoms with Crippen molar-refractivity contribution in [3.05, 3.63) is 77.9 Å². The molecule has 1 amide bonds. The summed E-state index contributed by atoms with van der Waals surface area (Å²) < 4.78 is 18.4. The van der Waals surface area contributed by atoms with Crippen LogP contribution in [0.3, 0.4) is 0 Å². The molecule has 0 aliphatic rings. The highest BCUT2D eigenvalue weighted by molar-refractivity contribution is 6.16. The van der Waals surface area contributed by atoms with E-state index in [1.807, 2.05) is 0 Å². The molecule has 298 valence electrons. The second-order valence-corrected chi connectivity index (χ2v) is 14.4. The maximum Gasteiger partial charge on any atom is 0.338 e. The number of esters is 1. The van der Waals surface area contributed by atoms with E-state index in [0.717, 1.165) is 32.1 Å². The van der Waals surface area contributed by atoms with Crippen molar-refractivity contribution in [1.82, 2.24) is 15.0 Å². The summed E-state index contributed by atoms with van der Waals surface area (Å²) in [6.07, 6.45) is 21.7. The van der Waals surface area contributed by atoms with Gasteiger partial charge in [0.1, 0.15) is 17.0 Å². The summed E-state index contributed by atoms with van der Waals surface area (Å²) in [5.74, 6) is -0.646.